The van der Waals surface area contributed by atoms with Gasteiger partial charge in [-0.2, -0.15) is 0 Å². The Morgan fingerprint density at radius 3 is 2.56 bits per heavy atom. The molecule has 174 valence electrons. The first-order valence-corrected chi connectivity index (χ1v) is 11.8. The van der Waals surface area contributed by atoms with Crippen LogP contribution in [0.1, 0.15) is 5.56 Å². The molecule has 0 fully saturated rings. The van der Waals surface area contributed by atoms with Crippen molar-refractivity contribution >= 4 is 51.7 Å². The van der Waals surface area contributed by atoms with Crippen LogP contribution in [0.5, 0.6) is 11.5 Å². The molecule has 2 N–H and O–H groups in total. The van der Waals surface area contributed by atoms with E-state index in [9.17, 15) is 4.79 Å². The molecule has 34 heavy (non-hydrogen) atoms. The summed E-state index contributed by atoms with van der Waals surface area (Å²) in [5.74, 6) is 1.81. The van der Waals surface area contributed by atoms with Crippen molar-refractivity contribution in [2.24, 2.45) is 0 Å². The van der Waals surface area contributed by atoms with Crippen LogP contribution >= 0.6 is 23.4 Å². The molecule has 0 unspecified atom stereocenters. The van der Waals surface area contributed by atoms with Crippen molar-refractivity contribution in [3.8, 4) is 11.5 Å². The summed E-state index contributed by atoms with van der Waals surface area (Å²) in [7, 11) is 3.12. The van der Waals surface area contributed by atoms with E-state index >= 15 is 0 Å². The molecule has 3 aromatic carbocycles. The summed E-state index contributed by atoms with van der Waals surface area (Å²) in [5, 5.41) is 8.35. The summed E-state index contributed by atoms with van der Waals surface area (Å²) >= 11 is 7.24. The summed E-state index contributed by atoms with van der Waals surface area (Å²) < 4.78 is 10.6. The highest BCUT2D eigenvalue weighted by Gasteiger charge is 2.13. The first-order chi connectivity index (χ1) is 16.6. The fourth-order valence-electron chi connectivity index (χ4n) is 3.27. The Bertz CT molecular complexity index is 1300. The zero-order valence-electron chi connectivity index (χ0n) is 18.7. The molecule has 9 heteroatoms. The van der Waals surface area contributed by atoms with Crippen LogP contribution in [-0.4, -0.2) is 35.8 Å². The number of methoxy groups -OCH3 is 2. The Labute approximate surface area is 206 Å². The highest BCUT2D eigenvalue weighted by Crippen LogP contribution is 2.30. The number of benzene rings is 3. The van der Waals surface area contributed by atoms with E-state index < -0.39 is 0 Å². The van der Waals surface area contributed by atoms with Gasteiger partial charge in [0.05, 0.1) is 31.2 Å². The second-order valence-corrected chi connectivity index (χ2v) is 8.63. The molecule has 0 saturated carbocycles. The smallest absolute Gasteiger partial charge is 0.234 e. The minimum Gasteiger partial charge on any atom is -0.497 e. The lowest BCUT2D eigenvalue weighted by Gasteiger charge is -2.12. The first-order valence-electron chi connectivity index (χ1n) is 10.5. The molecule has 1 heterocycles. The average molecular weight is 495 g/mol. The minimum atomic E-state index is -0.205. The maximum absolute atomic E-state index is 12.6. The number of aromatic nitrogens is 2. The van der Waals surface area contributed by atoms with Gasteiger partial charge in [0.15, 0.2) is 5.16 Å². The Balaban J connectivity index is 1.47. The number of ether oxygens (including phenoxy) is 2. The van der Waals surface area contributed by atoms with Crippen LogP contribution in [0.3, 0.4) is 0 Å². The fraction of sp³-hybridized carbons (Fsp3) is 0.160. The van der Waals surface area contributed by atoms with Crippen LogP contribution < -0.4 is 20.1 Å². The number of para-hydroxylation sites is 1. The number of nitrogens with zero attached hydrogens (tertiary/aromatic N) is 2. The third-order valence-corrected chi connectivity index (χ3v) is 6.07. The van der Waals surface area contributed by atoms with Crippen LogP contribution in [0.2, 0.25) is 5.02 Å². The summed E-state index contributed by atoms with van der Waals surface area (Å²) in [6.45, 7) is 0.582. The highest BCUT2D eigenvalue weighted by molar-refractivity contribution is 7.99. The zero-order valence-corrected chi connectivity index (χ0v) is 20.2. The number of hydrogen-bond acceptors (Lipinski definition) is 7. The maximum Gasteiger partial charge on any atom is 0.234 e. The largest absolute Gasteiger partial charge is 0.497 e. The molecule has 0 radical (unpaired) electrons. The lowest BCUT2D eigenvalue weighted by molar-refractivity contribution is -0.113. The van der Waals surface area contributed by atoms with Crippen molar-refractivity contribution in [2.45, 2.75) is 11.7 Å². The van der Waals surface area contributed by atoms with Gasteiger partial charge in [-0.1, -0.05) is 47.6 Å². The van der Waals surface area contributed by atoms with Gasteiger partial charge < -0.3 is 20.1 Å². The molecule has 1 amide bonds. The van der Waals surface area contributed by atoms with Gasteiger partial charge in [-0.05, 0) is 42.0 Å². The second-order valence-electron chi connectivity index (χ2n) is 7.26. The molecular formula is C25H23ClN4O3S. The van der Waals surface area contributed by atoms with Gasteiger partial charge in [-0.15, -0.1) is 0 Å². The summed E-state index contributed by atoms with van der Waals surface area (Å²) in [6.07, 6.45) is 0. The lowest BCUT2D eigenvalue weighted by Crippen LogP contribution is -2.15. The predicted molar refractivity (Wildman–Crippen MR) is 137 cm³/mol. The van der Waals surface area contributed by atoms with E-state index in [-0.39, 0.29) is 11.7 Å². The number of thioether (sulfide) groups is 1. The van der Waals surface area contributed by atoms with Crippen molar-refractivity contribution in [1.29, 1.82) is 0 Å². The number of halogens is 1. The van der Waals surface area contributed by atoms with Gasteiger partial charge in [0, 0.05) is 23.0 Å². The number of hydrogen-bond donors (Lipinski definition) is 2. The number of nitrogens with one attached hydrogen (secondary N) is 2. The van der Waals surface area contributed by atoms with E-state index in [1.807, 2.05) is 48.5 Å². The van der Waals surface area contributed by atoms with Crippen molar-refractivity contribution in [3.63, 3.8) is 0 Å². The van der Waals surface area contributed by atoms with Crippen molar-refractivity contribution in [1.82, 2.24) is 9.97 Å². The third-order valence-electron chi connectivity index (χ3n) is 4.97. The molecule has 4 aromatic rings. The molecule has 0 aliphatic rings. The summed E-state index contributed by atoms with van der Waals surface area (Å²) in [4.78, 5) is 21.9. The average Bonchev–Trinajstić information content (AvgIpc) is 2.87. The van der Waals surface area contributed by atoms with Crippen LogP contribution in [0, 0.1) is 0 Å². The lowest BCUT2D eigenvalue weighted by atomic mass is 10.2. The van der Waals surface area contributed by atoms with Crippen molar-refractivity contribution < 1.29 is 14.3 Å². The van der Waals surface area contributed by atoms with E-state index in [1.54, 1.807) is 32.4 Å². The monoisotopic (exact) mass is 494 g/mol. The number of fused-ring (bicyclic) bond motifs is 1. The Morgan fingerprint density at radius 2 is 1.79 bits per heavy atom. The summed E-state index contributed by atoms with van der Waals surface area (Å²) in [6, 6.07) is 20.6. The Kier molecular flexibility index (Phi) is 7.72. The number of rotatable bonds is 9. The van der Waals surface area contributed by atoms with Gasteiger partial charge >= 0.3 is 0 Å². The van der Waals surface area contributed by atoms with Crippen LogP contribution in [-0.2, 0) is 11.3 Å². The van der Waals surface area contributed by atoms with Crippen LogP contribution in [0.15, 0.2) is 71.9 Å². The summed E-state index contributed by atoms with van der Waals surface area (Å²) in [5.41, 5.74) is 2.42. The number of carbonyl (C=O) groups excluding carboxylic acids is 1. The SMILES string of the molecule is COc1ccc(OC)c(NC(=O)CSc2nc(NCc3ccc(Cl)cc3)c3ccccc3n2)c1. The van der Waals surface area contributed by atoms with Gasteiger partial charge in [-0.3, -0.25) is 4.79 Å². The molecule has 7 nitrogen and oxygen atoms in total. The molecule has 0 atom stereocenters. The molecule has 1 aromatic heterocycles. The van der Waals surface area contributed by atoms with E-state index in [4.69, 9.17) is 21.1 Å². The molecule has 0 aliphatic heterocycles. The molecule has 0 saturated heterocycles. The first kappa shape index (κ1) is 23.7. The van der Waals surface area contributed by atoms with Crippen molar-refractivity contribution in [2.75, 3.05) is 30.6 Å². The highest BCUT2D eigenvalue weighted by atomic mass is 35.5. The normalized spacial score (nSPS) is 10.7. The van der Waals surface area contributed by atoms with Gasteiger partial charge in [0.2, 0.25) is 5.91 Å². The Hall–Kier alpha value is -3.49. The second kappa shape index (κ2) is 11.1. The quantitative estimate of drug-likeness (QED) is 0.230. The zero-order chi connectivity index (χ0) is 23.9. The Morgan fingerprint density at radius 1 is 1.00 bits per heavy atom. The van der Waals surface area contributed by atoms with Gasteiger partial charge in [0.1, 0.15) is 17.3 Å². The van der Waals surface area contributed by atoms with Gasteiger partial charge in [0.25, 0.3) is 0 Å². The number of carbonyl (C=O) groups is 1. The van der Waals surface area contributed by atoms with E-state index in [0.717, 1.165) is 16.5 Å². The fourth-order valence-corrected chi connectivity index (χ4v) is 4.05. The van der Waals surface area contributed by atoms with Crippen LogP contribution in [0.4, 0.5) is 11.5 Å². The van der Waals surface area contributed by atoms with E-state index in [1.165, 1.54) is 11.8 Å². The van der Waals surface area contributed by atoms with Gasteiger partial charge in [-0.25, -0.2) is 9.97 Å². The molecule has 0 bridgehead atoms. The van der Waals surface area contributed by atoms with Crippen LogP contribution in [0.25, 0.3) is 10.9 Å². The number of anilines is 2. The molecule has 0 spiro atoms. The molecule has 0 aliphatic carbocycles. The standard InChI is InChI=1S/C25H23ClN4O3S/c1-32-18-11-12-22(33-2)21(13-18)28-23(31)15-34-25-29-20-6-4-3-5-19(20)24(30-25)27-14-16-7-9-17(26)10-8-16/h3-13H,14-15H2,1-2H3,(H,28,31)(H,27,29,30). The molecular weight excluding hydrogens is 472 g/mol. The third kappa shape index (κ3) is 5.89. The maximum atomic E-state index is 12.6. The van der Waals surface area contributed by atoms with E-state index in [2.05, 4.69) is 20.6 Å². The predicted octanol–water partition coefficient (Wildman–Crippen LogP) is 5.64. The minimum absolute atomic E-state index is 0.134. The topological polar surface area (TPSA) is 85.4 Å². The van der Waals surface area contributed by atoms with E-state index in [0.29, 0.717) is 39.7 Å². The number of amides is 1. The molecule has 4 rings (SSSR count). The van der Waals surface area contributed by atoms with Crippen molar-refractivity contribution in [3.05, 3.63) is 77.3 Å².